The first-order valence-corrected chi connectivity index (χ1v) is 30.3. The Balaban J connectivity index is 2.25. The molecule has 7 unspecified atom stereocenters. The van der Waals surface area contributed by atoms with Gasteiger partial charge in [0.1, 0.15) is 24.4 Å². The van der Waals surface area contributed by atoms with Gasteiger partial charge in [0, 0.05) is 6.42 Å². The van der Waals surface area contributed by atoms with E-state index in [1.165, 1.54) is 167 Å². The summed E-state index contributed by atoms with van der Waals surface area (Å²) < 4.78 is 11.3. The van der Waals surface area contributed by atoms with E-state index < -0.39 is 49.5 Å². The molecule has 1 aliphatic heterocycles. The molecule has 0 spiro atoms. The Hall–Kier alpha value is -2.63. The number of ether oxygens (including phenoxy) is 2. The largest absolute Gasteiger partial charge is 0.394 e. The average Bonchev–Trinajstić information content (AvgIpc) is 3.39. The normalized spacial score (nSPS) is 19.7. The number of aliphatic hydroxyl groups excluding tert-OH is 5. The van der Waals surface area contributed by atoms with Crippen molar-refractivity contribution in [3.63, 3.8) is 0 Å². The lowest BCUT2D eigenvalue weighted by Crippen LogP contribution is -2.60. The maximum Gasteiger partial charge on any atom is 0.220 e. The van der Waals surface area contributed by atoms with Crippen molar-refractivity contribution < 1.29 is 39.8 Å². The van der Waals surface area contributed by atoms with Gasteiger partial charge in [-0.2, -0.15) is 0 Å². The number of unbranched alkanes of at least 4 members (excludes halogenated alkanes) is 29. The van der Waals surface area contributed by atoms with Crippen molar-refractivity contribution in [2.24, 2.45) is 0 Å². The van der Waals surface area contributed by atoms with Crippen LogP contribution >= 0.6 is 0 Å². The molecule has 422 valence electrons. The number of nitrogens with one attached hydrogen (secondary N) is 1. The zero-order valence-electron chi connectivity index (χ0n) is 46.9. The number of hydrogen-bond donors (Lipinski definition) is 6. The molecule has 6 N–H and O–H groups in total. The van der Waals surface area contributed by atoms with E-state index >= 15 is 0 Å². The molecular formula is C64H113NO8. The van der Waals surface area contributed by atoms with E-state index in [0.29, 0.717) is 6.42 Å². The van der Waals surface area contributed by atoms with Crippen molar-refractivity contribution in [2.45, 2.75) is 301 Å². The molecule has 1 saturated heterocycles. The fourth-order valence-electron chi connectivity index (χ4n) is 9.18. The van der Waals surface area contributed by atoms with Crippen LogP contribution in [0.25, 0.3) is 0 Å². The van der Waals surface area contributed by atoms with Gasteiger partial charge in [-0.05, 0) is 83.5 Å². The molecular weight excluding hydrogens is 911 g/mol. The van der Waals surface area contributed by atoms with Crippen molar-refractivity contribution in [3.8, 4) is 0 Å². The zero-order chi connectivity index (χ0) is 52.9. The van der Waals surface area contributed by atoms with Gasteiger partial charge in [0.25, 0.3) is 0 Å². The van der Waals surface area contributed by atoms with Crippen molar-refractivity contribution in [1.82, 2.24) is 5.32 Å². The summed E-state index contributed by atoms with van der Waals surface area (Å²) in [5.74, 6) is -0.194. The minimum absolute atomic E-state index is 0.194. The third-order valence-corrected chi connectivity index (χ3v) is 13.9. The van der Waals surface area contributed by atoms with Crippen LogP contribution in [-0.2, 0) is 14.3 Å². The van der Waals surface area contributed by atoms with Gasteiger partial charge < -0.3 is 40.3 Å². The zero-order valence-corrected chi connectivity index (χ0v) is 46.9. The molecule has 1 rings (SSSR count). The van der Waals surface area contributed by atoms with Crippen LogP contribution in [0.5, 0.6) is 0 Å². The summed E-state index contributed by atoms with van der Waals surface area (Å²) in [5.41, 5.74) is 0. The van der Waals surface area contributed by atoms with E-state index in [9.17, 15) is 30.3 Å². The van der Waals surface area contributed by atoms with Gasteiger partial charge in [-0.1, -0.05) is 253 Å². The Kier molecular flexibility index (Phi) is 49.5. The summed E-state index contributed by atoms with van der Waals surface area (Å²) in [7, 11) is 0. The summed E-state index contributed by atoms with van der Waals surface area (Å²) in [6.45, 7) is 3.66. The third kappa shape index (κ3) is 42.2. The van der Waals surface area contributed by atoms with Gasteiger partial charge >= 0.3 is 0 Å². The molecule has 0 aliphatic carbocycles. The Labute approximate surface area is 448 Å². The van der Waals surface area contributed by atoms with Gasteiger partial charge in [-0.25, -0.2) is 0 Å². The molecule has 0 saturated carbocycles. The second-order valence-corrected chi connectivity index (χ2v) is 20.7. The molecule has 0 bridgehead atoms. The summed E-state index contributed by atoms with van der Waals surface area (Å²) in [6, 6.07) is -0.835. The molecule has 0 aromatic heterocycles. The summed E-state index contributed by atoms with van der Waals surface area (Å²) in [4.78, 5) is 13.1. The van der Waals surface area contributed by atoms with E-state index in [0.717, 1.165) is 70.6 Å². The van der Waals surface area contributed by atoms with Crippen LogP contribution < -0.4 is 5.32 Å². The minimum atomic E-state index is -1.58. The van der Waals surface area contributed by atoms with E-state index in [4.69, 9.17) is 9.47 Å². The molecule has 1 aliphatic rings. The van der Waals surface area contributed by atoms with Gasteiger partial charge in [0.15, 0.2) is 6.29 Å². The van der Waals surface area contributed by atoms with Gasteiger partial charge in [0.2, 0.25) is 5.91 Å². The van der Waals surface area contributed by atoms with Crippen LogP contribution in [0.1, 0.15) is 258 Å². The molecule has 7 atom stereocenters. The first kappa shape index (κ1) is 68.4. The summed E-state index contributed by atoms with van der Waals surface area (Å²) in [5, 5.41) is 54.6. The Bertz CT molecular complexity index is 1420. The second-order valence-electron chi connectivity index (χ2n) is 20.7. The van der Waals surface area contributed by atoms with Gasteiger partial charge in [0.05, 0.1) is 25.4 Å². The van der Waals surface area contributed by atoms with E-state index in [2.05, 4.69) is 92.1 Å². The van der Waals surface area contributed by atoms with Crippen LogP contribution in [0.15, 0.2) is 85.1 Å². The maximum absolute atomic E-state index is 13.1. The van der Waals surface area contributed by atoms with E-state index in [1.807, 2.05) is 6.08 Å². The molecule has 1 amide bonds. The lowest BCUT2D eigenvalue weighted by molar-refractivity contribution is -0.302. The van der Waals surface area contributed by atoms with Crippen molar-refractivity contribution >= 4 is 5.91 Å². The van der Waals surface area contributed by atoms with Crippen molar-refractivity contribution in [2.75, 3.05) is 13.2 Å². The highest BCUT2D eigenvalue weighted by atomic mass is 16.7. The van der Waals surface area contributed by atoms with Crippen LogP contribution in [0, 0.1) is 0 Å². The number of allylic oxidation sites excluding steroid dienone is 13. The fourth-order valence-corrected chi connectivity index (χ4v) is 9.18. The fraction of sp³-hybridized carbons (Fsp3) is 0.766. The molecule has 0 radical (unpaired) electrons. The Morgan fingerprint density at radius 3 is 1.32 bits per heavy atom. The SMILES string of the molecule is CC/C=C\C/C=C\C/C=C\C/C=C\CCCCCCCCCCCCCCC(=O)NC(COC1OC(CO)C(O)C(O)C1O)C(O)/C=C/CC/C=C/CC/C=C/CCCCCCCCCCCCCCCCC. The first-order valence-electron chi connectivity index (χ1n) is 30.3. The van der Waals surface area contributed by atoms with Crippen molar-refractivity contribution in [3.05, 3.63) is 85.1 Å². The monoisotopic (exact) mass is 1020 g/mol. The number of aliphatic hydroxyl groups is 5. The lowest BCUT2D eigenvalue weighted by atomic mass is 9.99. The van der Waals surface area contributed by atoms with Gasteiger partial charge in [-0.3, -0.25) is 4.79 Å². The highest BCUT2D eigenvalue weighted by molar-refractivity contribution is 5.76. The first-order chi connectivity index (χ1) is 35.8. The molecule has 0 aromatic rings. The summed E-state index contributed by atoms with van der Waals surface area (Å²) in [6.07, 6.45) is 68.0. The minimum Gasteiger partial charge on any atom is -0.394 e. The van der Waals surface area contributed by atoms with E-state index in [-0.39, 0.29) is 12.5 Å². The number of carbonyl (C=O) groups is 1. The third-order valence-electron chi connectivity index (χ3n) is 13.9. The number of rotatable bonds is 51. The Morgan fingerprint density at radius 2 is 0.863 bits per heavy atom. The van der Waals surface area contributed by atoms with E-state index in [1.54, 1.807) is 6.08 Å². The molecule has 0 aromatic carbocycles. The van der Waals surface area contributed by atoms with Gasteiger partial charge in [-0.15, -0.1) is 0 Å². The highest BCUT2D eigenvalue weighted by Crippen LogP contribution is 2.23. The molecule has 73 heavy (non-hydrogen) atoms. The standard InChI is InChI=1S/C64H113NO8/c1-3-5-7-9-11-13-15-17-19-21-23-25-27-29-31-33-35-37-39-41-43-45-47-49-51-53-58(67)57(56-72-64-63(71)62(70)61(69)59(55-66)73-64)65-60(68)54-52-50-48-46-44-42-40-38-36-34-32-30-28-26-24-22-20-18-16-14-12-10-8-6-4-2/h6,8,12,14,18,20,24,26,35,37,43,45,51,53,57-59,61-64,66-67,69-71H,3-5,7,9-11,13,15-17,19,21-23,25,27-34,36,38-42,44,46-50,52,54-56H2,1-2H3,(H,65,68)/b8-6-,14-12-,20-18-,26-24-,37-35+,45-43+,53-51+. The predicted octanol–water partition coefficient (Wildman–Crippen LogP) is 15.4. The maximum atomic E-state index is 13.1. The van der Waals surface area contributed by atoms with Crippen LogP contribution in [0.2, 0.25) is 0 Å². The van der Waals surface area contributed by atoms with Crippen molar-refractivity contribution in [1.29, 1.82) is 0 Å². The topological polar surface area (TPSA) is 149 Å². The van der Waals surface area contributed by atoms with Crippen LogP contribution in [0.4, 0.5) is 0 Å². The van der Waals surface area contributed by atoms with Crippen LogP contribution in [0.3, 0.4) is 0 Å². The van der Waals surface area contributed by atoms with Crippen LogP contribution in [-0.4, -0.2) is 87.5 Å². The highest BCUT2D eigenvalue weighted by Gasteiger charge is 2.44. The molecule has 1 fully saturated rings. The second kappa shape index (κ2) is 52.8. The predicted molar refractivity (Wildman–Crippen MR) is 308 cm³/mol. The number of hydrogen-bond acceptors (Lipinski definition) is 8. The number of amides is 1. The molecule has 9 heteroatoms. The Morgan fingerprint density at radius 1 is 0.479 bits per heavy atom. The number of carbonyl (C=O) groups excluding carboxylic acids is 1. The average molecular weight is 1020 g/mol. The quantitative estimate of drug-likeness (QED) is 0.0261. The molecule has 1 heterocycles. The lowest BCUT2D eigenvalue weighted by Gasteiger charge is -2.40. The summed E-state index contributed by atoms with van der Waals surface area (Å²) >= 11 is 0. The molecule has 9 nitrogen and oxygen atoms in total. The smallest absolute Gasteiger partial charge is 0.220 e.